The fourth-order valence-corrected chi connectivity index (χ4v) is 2.35. The van der Waals surface area contributed by atoms with Crippen LogP contribution in [0.2, 0.25) is 0 Å². The standard InChI is InChI=1S/C16H17NO2/c1-3-17-16(12-6-7-18-10-12)15-9-13-8-11(2)4-5-14(13)19-15/h4-10,16-17H,3H2,1-2H3. The Morgan fingerprint density at radius 3 is 2.84 bits per heavy atom. The molecular weight excluding hydrogens is 238 g/mol. The van der Waals surface area contributed by atoms with E-state index in [1.165, 1.54) is 5.56 Å². The lowest BCUT2D eigenvalue weighted by Gasteiger charge is -2.13. The highest BCUT2D eigenvalue weighted by Crippen LogP contribution is 2.29. The van der Waals surface area contributed by atoms with E-state index in [0.29, 0.717) is 0 Å². The molecule has 0 aliphatic heterocycles. The van der Waals surface area contributed by atoms with E-state index < -0.39 is 0 Å². The summed E-state index contributed by atoms with van der Waals surface area (Å²) >= 11 is 0. The van der Waals surface area contributed by atoms with Crippen molar-refractivity contribution in [1.82, 2.24) is 5.32 Å². The topological polar surface area (TPSA) is 38.3 Å². The first-order valence-electron chi connectivity index (χ1n) is 6.53. The Labute approximate surface area is 112 Å². The fourth-order valence-electron chi connectivity index (χ4n) is 2.35. The SMILES string of the molecule is CCNC(c1ccoc1)c1cc2cc(C)ccc2o1. The number of benzene rings is 1. The van der Waals surface area contributed by atoms with E-state index in [0.717, 1.165) is 28.8 Å². The van der Waals surface area contributed by atoms with Crippen molar-refractivity contribution >= 4 is 11.0 Å². The van der Waals surface area contributed by atoms with Crippen molar-refractivity contribution in [1.29, 1.82) is 0 Å². The van der Waals surface area contributed by atoms with E-state index in [9.17, 15) is 0 Å². The molecule has 1 N–H and O–H groups in total. The highest BCUT2D eigenvalue weighted by Gasteiger charge is 2.18. The fraction of sp³-hybridized carbons (Fsp3) is 0.250. The van der Waals surface area contributed by atoms with Crippen LogP contribution in [0.5, 0.6) is 0 Å². The average Bonchev–Trinajstić information content (AvgIpc) is 3.04. The third-order valence-electron chi connectivity index (χ3n) is 3.26. The van der Waals surface area contributed by atoms with Gasteiger partial charge in [0.2, 0.25) is 0 Å². The zero-order chi connectivity index (χ0) is 13.2. The van der Waals surface area contributed by atoms with Crippen LogP contribution in [0.4, 0.5) is 0 Å². The normalized spacial score (nSPS) is 12.9. The molecule has 1 unspecified atom stereocenters. The molecule has 0 saturated carbocycles. The summed E-state index contributed by atoms with van der Waals surface area (Å²) < 4.78 is 11.1. The summed E-state index contributed by atoms with van der Waals surface area (Å²) in [6.45, 7) is 5.04. The third-order valence-corrected chi connectivity index (χ3v) is 3.26. The van der Waals surface area contributed by atoms with Crippen LogP contribution < -0.4 is 5.32 Å². The van der Waals surface area contributed by atoms with E-state index in [1.807, 2.05) is 12.1 Å². The number of aryl methyl sites for hydroxylation is 1. The molecule has 98 valence electrons. The number of rotatable bonds is 4. The van der Waals surface area contributed by atoms with E-state index >= 15 is 0 Å². The van der Waals surface area contributed by atoms with Crippen LogP contribution in [-0.4, -0.2) is 6.54 Å². The average molecular weight is 255 g/mol. The molecule has 0 fully saturated rings. The van der Waals surface area contributed by atoms with Crippen molar-refractivity contribution in [2.45, 2.75) is 19.9 Å². The van der Waals surface area contributed by atoms with Gasteiger partial charge < -0.3 is 14.2 Å². The molecule has 2 aromatic heterocycles. The van der Waals surface area contributed by atoms with Crippen LogP contribution in [0.15, 0.2) is 51.7 Å². The van der Waals surface area contributed by atoms with Gasteiger partial charge in [-0.05, 0) is 37.7 Å². The maximum absolute atomic E-state index is 5.96. The molecule has 3 rings (SSSR count). The molecule has 0 amide bonds. The molecule has 1 aromatic carbocycles. The van der Waals surface area contributed by atoms with Gasteiger partial charge in [-0.1, -0.05) is 18.6 Å². The number of fused-ring (bicyclic) bond motifs is 1. The van der Waals surface area contributed by atoms with Crippen molar-refractivity contribution < 1.29 is 8.83 Å². The quantitative estimate of drug-likeness (QED) is 0.764. The van der Waals surface area contributed by atoms with Gasteiger partial charge in [0.25, 0.3) is 0 Å². The van der Waals surface area contributed by atoms with Gasteiger partial charge in [-0.3, -0.25) is 0 Å². The highest BCUT2D eigenvalue weighted by molar-refractivity contribution is 5.78. The minimum atomic E-state index is 0.0384. The van der Waals surface area contributed by atoms with Crippen LogP contribution >= 0.6 is 0 Å². The molecule has 0 aliphatic rings. The largest absolute Gasteiger partial charge is 0.472 e. The zero-order valence-corrected chi connectivity index (χ0v) is 11.1. The summed E-state index contributed by atoms with van der Waals surface area (Å²) in [5.41, 5.74) is 3.24. The first-order chi connectivity index (χ1) is 9.28. The molecule has 0 radical (unpaired) electrons. The predicted molar refractivity (Wildman–Crippen MR) is 75.2 cm³/mol. The van der Waals surface area contributed by atoms with E-state index in [4.69, 9.17) is 8.83 Å². The van der Waals surface area contributed by atoms with Crippen molar-refractivity contribution in [3.63, 3.8) is 0 Å². The molecule has 19 heavy (non-hydrogen) atoms. The summed E-state index contributed by atoms with van der Waals surface area (Å²) in [6.07, 6.45) is 3.44. The smallest absolute Gasteiger partial charge is 0.134 e. The Morgan fingerprint density at radius 2 is 2.11 bits per heavy atom. The Balaban J connectivity index is 2.05. The Morgan fingerprint density at radius 1 is 1.21 bits per heavy atom. The van der Waals surface area contributed by atoms with Crippen LogP contribution in [0.25, 0.3) is 11.0 Å². The van der Waals surface area contributed by atoms with Crippen LogP contribution in [-0.2, 0) is 0 Å². The molecule has 3 nitrogen and oxygen atoms in total. The van der Waals surface area contributed by atoms with Crippen LogP contribution in [0, 0.1) is 6.92 Å². The van der Waals surface area contributed by atoms with Gasteiger partial charge in [0.1, 0.15) is 11.3 Å². The molecule has 0 aliphatic carbocycles. The van der Waals surface area contributed by atoms with E-state index in [2.05, 4.69) is 37.4 Å². The molecule has 3 aromatic rings. The lowest BCUT2D eigenvalue weighted by atomic mass is 10.1. The van der Waals surface area contributed by atoms with Gasteiger partial charge in [0.05, 0.1) is 18.6 Å². The van der Waals surface area contributed by atoms with E-state index in [1.54, 1.807) is 12.5 Å². The van der Waals surface area contributed by atoms with Gasteiger partial charge in [-0.2, -0.15) is 0 Å². The van der Waals surface area contributed by atoms with Crippen LogP contribution in [0.3, 0.4) is 0 Å². The second-order valence-corrected chi connectivity index (χ2v) is 4.74. The minimum absolute atomic E-state index is 0.0384. The molecule has 0 saturated heterocycles. The second kappa shape index (κ2) is 4.94. The molecule has 0 bridgehead atoms. The number of hydrogen-bond donors (Lipinski definition) is 1. The van der Waals surface area contributed by atoms with E-state index in [-0.39, 0.29) is 6.04 Å². The number of nitrogens with one attached hydrogen (secondary N) is 1. The molecule has 3 heteroatoms. The summed E-state index contributed by atoms with van der Waals surface area (Å²) in [6, 6.07) is 10.3. The molecular formula is C16H17NO2. The second-order valence-electron chi connectivity index (χ2n) is 4.74. The Kier molecular flexibility index (Phi) is 3.13. The predicted octanol–water partition coefficient (Wildman–Crippen LogP) is 4.03. The first-order valence-corrected chi connectivity index (χ1v) is 6.53. The van der Waals surface area contributed by atoms with Gasteiger partial charge in [-0.25, -0.2) is 0 Å². The van der Waals surface area contributed by atoms with Gasteiger partial charge in [0.15, 0.2) is 0 Å². The van der Waals surface area contributed by atoms with Gasteiger partial charge in [-0.15, -0.1) is 0 Å². The van der Waals surface area contributed by atoms with Gasteiger partial charge >= 0.3 is 0 Å². The van der Waals surface area contributed by atoms with Crippen molar-refractivity contribution in [3.8, 4) is 0 Å². The van der Waals surface area contributed by atoms with Crippen molar-refractivity contribution in [3.05, 3.63) is 59.7 Å². The summed E-state index contributed by atoms with van der Waals surface area (Å²) in [5.74, 6) is 0.920. The summed E-state index contributed by atoms with van der Waals surface area (Å²) in [5, 5.41) is 4.56. The van der Waals surface area contributed by atoms with Crippen molar-refractivity contribution in [2.75, 3.05) is 6.54 Å². The summed E-state index contributed by atoms with van der Waals surface area (Å²) in [7, 11) is 0. The van der Waals surface area contributed by atoms with Gasteiger partial charge in [0, 0.05) is 10.9 Å². The third kappa shape index (κ3) is 2.29. The maximum atomic E-state index is 5.96. The molecule has 1 atom stereocenters. The zero-order valence-electron chi connectivity index (χ0n) is 11.1. The minimum Gasteiger partial charge on any atom is -0.472 e. The monoisotopic (exact) mass is 255 g/mol. The Hall–Kier alpha value is -2.00. The number of hydrogen-bond acceptors (Lipinski definition) is 3. The molecule has 2 heterocycles. The lowest BCUT2D eigenvalue weighted by molar-refractivity contribution is 0.472. The Bertz CT molecular complexity index is 667. The van der Waals surface area contributed by atoms with Crippen LogP contribution in [0.1, 0.15) is 29.9 Å². The summed E-state index contributed by atoms with van der Waals surface area (Å²) in [4.78, 5) is 0. The first kappa shape index (κ1) is 12.1. The highest BCUT2D eigenvalue weighted by atomic mass is 16.3. The maximum Gasteiger partial charge on any atom is 0.134 e. The van der Waals surface area contributed by atoms with Crippen molar-refractivity contribution in [2.24, 2.45) is 0 Å². The number of furan rings is 2. The lowest BCUT2D eigenvalue weighted by Crippen LogP contribution is -2.20. The molecule has 0 spiro atoms.